The number of piperazine rings is 1. The van der Waals surface area contributed by atoms with Crippen LogP contribution < -0.4 is 9.64 Å². The van der Waals surface area contributed by atoms with Crippen molar-refractivity contribution in [3.8, 4) is 5.75 Å². The van der Waals surface area contributed by atoms with Gasteiger partial charge in [-0.15, -0.1) is 0 Å². The van der Waals surface area contributed by atoms with Gasteiger partial charge in [-0.3, -0.25) is 9.69 Å². The van der Waals surface area contributed by atoms with Crippen molar-refractivity contribution in [3.63, 3.8) is 0 Å². The number of hydrogen-bond acceptors (Lipinski definition) is 4. The van der Waals surface area contributed by atoms with E-state index >= 15 is 0 Å². The molecule has 1 amide bonds. The van der Waals surface area contributed by atoms with Gasteiger partial charge in [0.05, 0.1) is 12.1 Å². The zero-order chi connectivity index (χ0) is 20.1. The highest BCUT2D eigenvalue weighted by molar-refractivity contribution is 6.30. The van der Waals surface area contributed by atoms with Crippen molar-refractivity contribution in [2.24, 2.45) is 0 Å². The minimum atomic E-state index is 0.0910. The molecule has 2 aromatic rings. The second kappa shape index (κ2) is 9.51. The third kappa shape index (κ3) is 5.03. The Morgan fingerprint density at radius 3 is 2.52 bits per heavy atom. The highest BCUT2D eigenvalue weighted by atomic mass is 35.5. The van der Waals surface area contributed by atoms with Crippen LogP contribution in [0.2, 0.25) is 5.02 Å². The van der Waals surface area contributed by atoms with Gasteiger partial charge in [0.25, 0.3) is 5.91 Å². The summed E-state index contributed by atoms with van der Waals surface area (Å²) in [6.45, 7) is 7.28. The van der Waals surface area contributed by atoms with Crippen LogP contribution in [0.3, 0.4) is 0 Å². The molecule has 2 aliphatic heterocycles. The van der Waals surface area contributed by atoms with Crippen LogP contribution in [0, 0.1) is 0 Å². The third-order valence-electron chi connectivity index (χ3n) is 5.72. The second-order valence-corrected chi connectivity index (χ2v) is 8.09. The molecule has 0 aliphatic carbocycles. The van der Waals surface area contributed by atoms with Crippen molar-refractivity contribution >= 4 is 23.2 Å². The number of hydrogen-bond donors (Lipinski definition) is 0. The lowest BCUT2D eigenvalue weighted by atomic mass is 10.1. The van der Waals surface area contributed by atoms with E-state index < -0.39 is 0 Å². The number of rotatable bonds is 6. The molecule has 0 bridgehead atoms. The zero-order valence-electron chi connectivity index (χ0n) is 16.7. The van der Waals surface area contributed by atoms with Gasteiger partial charge in [0, 0.05) is 43.4 Å². The number of ether oxygens (including phenoxy) is 1. The fourth-order valence-corrected chi connectivity index (χ4v) is 4.25. The maximum absolute atomic E-state index is 12.7. The molecule has 0 N–H and O–H groups in total. The van der Waals surface area contributed by atoms with E-state index in [1.165, 1.54) is 5.69 Å². The first-order chi connectivity index (χ1) is 14.2. The topological polar surface area (TPSA) is 36.0 Å². The van der Waals surface area contributed by atoms with E-state index in [0.717, 1.165) is 57.1 Å². The Labute approximate surface area is 177 Å². The number of benzene rings is 2. The molecule has 0 atom stereocenters. The molecule has 6 heteroatoms. The summed E-state index contributed by atoms with van der Waals surface area (Å²) >= 11 is 6.12. The van der Waals surface area contributed by atoms with Gasteiger partial charge in [0.1, 0.15) is 12.4 Å². The number of nitrogens with zero attached hydrogens (tertiary/aromatic N) is 3. The van der Waals surface area contributed by atoms with Crippen LogP contribution in [0.25, 0.3) is 0 Å². The fraction of sp³-hybridized carbons (Fsp3) is 0.435. The lowest BCUT2D eigenvalue weighted by Crippen LogP contribution is -2.46. The van der Waals surface area contributed by atoms with Crippen LogP contribution in [-0.2, 0) is 0 Å². The first-order valence-electron chi connectivity index (χ1n) is 10.4. The number of unbranched alkanes of at least 4 members (excludes halogenated alkanes) is 1. The van der Waals surface area contributed by atoms with E-state index in [1.54, 1.807) is 0 Å². The van der Waals surface area contributed by atoms with Crippen LogP contribution >= 0.6 is 11.6 Å². The molecule has 4 rings (SSSR count). The summed E-state index contributed by atoms with van der Waals surface area (Å²) in [5, 5.41) is 0.793. The Hall–Kier alpha value is -2.24. The normalized spacial score (nSPS) is 17.6. The summed E-state index contributed by atoms with van der Waals surface area (Å²) in [6, 6.07) is 15.6. The molecule has 5 nitrogen and oxygen atoms in total. The van der Waals surface area contributed by atoms with E-state index in [1.807, 2.05) is 47.4 Å². The highest BCUT2D eigenvalue weighted by Crippen LogP contribution is 2.23. The van der Waals surface area contributed by atoms with Crippen LogP contribution in [0.15, 0.2) is 48.5 Å². The van der Waals surface area contributed by atoms with Crippen molar-refractivity contribution in [2.75, 3.05) is 57.3 Å². The molecule has 0 spiro atoms. The van der Waals surface area contributed by atoms with Gasteiger partial charge in [-0.1, -0.05) is 29.8 Å². The molecule has 0 radical (unpaired) electrons. The quantitative estimate of drug-likeness (QED) is 0.675. The Morgan fingerprint density at radius 2 is 1.69 bits per heavy atom. The van der Waals surface area contributed by atoms with E-state index in [-0.39, 0.29) is 5.91 Å². The Bertz CT molecular complexity index is 836. The third-order valence-corrected chi connectivity index (χ3v) is 5.96. The number of carbonyl (C=O) groups is 1. The summed E-state index contributed by atoms with van der Waals surface area (Å²) in [5.74, 6) is 0.797. The van der Waals surface area contributed by atoms with Gasteiger partial charge >= 0.3 is 0 Å². The average Bonchev–Trinajstić information content (AvgIpc) is 2.91. The Kier molecular flexibility index (Phi) is 6.57. The van der Waals surface area contributed by atoms with Crippen molar-refractivity contribution in [2.45, 2.75) is 12.8 Å². The van der Waals surface area contributed by atoms with Crippen LogP contribution in [0.5, 0.6) is 5.75 Å². The van der Waals surface area contributed by atoms with Crippen molar-refractivity contribution in [3.05, 3.63) is 59.1 Å². The molecule has 2 aliphatic rings. The van der Waals surface area contributed by atoms with Crippen LogP contribution in [0.1, 0.15) is 23.2 Å². The second-order valence-electron chi connectivity index (χ2n) is 7.65. The van der Waals surface area contributed by atoms with Gasteiger partial charge in [-0.05, 0) is 49.7 Å². The number of para-hydroxylation sites is 1. The summed E-state index contributed by atoms with van der Waals surface area (Å²) < 4.78 is 5.72. The summed E-state index contributed by atoms with van der Waals surface area (Å²) in [6.07, 6.45) is 2.12. The van der Waals surface area contributed by atoms with Crippen LogP contribution in [0.4, 0.5) is 5.69 Å². The molecule has 1 fully saturated rings. The number of halogens is 1. The predicted molar refractivity (Wildman–Crippen MR) is 117 cm³/mol. The summed E-state index contributed by atoms with van der Waals surface area (Å²) in [5.41, 5.74) is 1.89. The minimum Gasteiger partial charge on any atom is -0.491 e. The monoisotopic (exact) mass is 413 g/mol. The van der Waals surface area contributed by atoms with Gasteiger partial charge in [0.2, 0.25) is 0 Å². The smallest absolute Gasteiger partial charge is 0.257 e. The average molecular weight is 414 g/mol. The molecule has 0 saturated carbocycles. The largest absolute Gasteiger partial charge is 0.491 e. The maximum Gasteiger partial charge on any atom is 0.257 e. The highest BCUT2D eigenvalue weighted by Gasteiger charge is 2.23. The van der Waals surface area contributed by atoms with Crippen molar-refractivity contribution < 1.29 is 9.53 Å². The van der Waals surface area contributed by atoms with Gasteiger partial charge in [-0.25, -0.2) is 0 Å². The molecule has 29 heavy (non-hydrogen) atoms. The summed E-state index contributed by atoms with van der Waals surface area (Å²) in [7, 11) is 0. The zero-order valence-corrected chi connectivity index (χ0v) is 17.5. The number of carbonyl (C=O) groups excluding carboxylic acids is 1. The molecule has 2 heterocycles. The molecular weight excluding hydrogens is 386 g/mol. The molecule has 154 valence electrons. The molecule has 1 saturated heterocycles. The lowest BCUT2D eigenvalue weighted by molar-refractivity contribution is 0.0751. The van der Waals surface area contributed by atoms with E-state index in [4.69, 9.17) is 16.3 Å². The van der Waals surface area contributed by atoms with Crippen molar-refractivity contribution in [1.29, 1.82) is 0 Å². The van der Waals surface area contributed by atoms with Gasteiger partial charge in [-0.2, -0.15) is 0 Å². The Balaban J connectivity index is 1.19. The number of anilines is 1. The molecular formula is C23H28ClN3O2. The Morgan fingerprint density at radius 1 is 0.897 bits per heavy atom. The maximum atomic E-state index is 12.7. The van der Waals surface area contributed by atoms with E-state index in [0.29, 0.717) is 24.5 Å². The first kappa shape index (κ1) is 20.0. The van der Waals surface area contributed by atoms with Gasteiger partial charge < -0.3 is 14.5 Å². The van der Waals surface area contributed by atoms with E-state index in [2.05, 4.69) is 15.9 Å². The minimum absolute atomic E-state index is 0.0910. The van der Waals surface area contributed by atoms with E-state index in [9.17, 15) is 4.79 Å². The number of amides is 1. The summed E-state index contributed by atoms with van der Waals surface area (Å²) in [4.78, 5) is 19.6. The standard InChI is InChI=1S/C23H28ClN3O2/c24-19-6-5-7-20(18-19)26-14-12-25(13-15-26)10-3-4-11-27-16-17-29-22-9-2-1-8-21(22)23(27)28/h1-2,5-9,18H,3-4,10-17H2. The SMILES string of the molecule is O=C1c2ccccc2OCCN1CCCCN1CCN(c2cccc(Cl)c2)CC1. The predicted octanol–water partition coefficient (Wildman–Crippen LogP) is 3.78. The molecule has 0 unspecified atom stereocenters. The number of fused-ring (bicyclic) bond motifs is 1. The van der Waals surface area contributed by atoms with Gasteiger partial charge in [0.15, 0.2) is 0 Å². The first-order valence-corrected chi connectivity index (χ1v) is 10.8. The van der Waals surface area contributed by atoms with Crippen LogP contribution in [-0.4, -0.2) is 68.1 Å². The van der Waals surface area contributed by atoms with Crippen molar-refractivity contribution in [1.82, 2.24) is 9.80 Å². The fourth-order valence-electron chi connectivity index (χ4n) is 4.06. The molecule has 2 aromatic carbocycles. The molecule has 0 aromatic heterocycles. The lowest BCUT2D eigenvalue weighted by Gasteiger charge is -2.36.